The van der Waals surface area contributed by atoms with E-state index < -0.39 is 0 Å². The van der Waals surface area contributed by atoms with Crippen molar-refractivity contribution in [2.45, 2.75) is 19.3 Å². The van der Waals surface area contributed by atoms with Crippen LogP contribution in [0.15, 0.2) is 67.3 Å². The Kier molecular flexibility index (Phi) is 4.17. The summed E-state index contributed by atoms with van der Waals surface area (Å²) in [6.45, 7) is 0. The quantitative estimate of drug-likeness (QED) is 0.786. The molecule has 1 amide bonds. The first-order valence-electron chi connectivity index (χ1n) is 8.43. The zero-order chi connectivity index (χ0) is 17.1. The van der Waals surface area contributed by atoms with Gasteiger partial charge in [-0.15, -0.1) is 0 Å². The molecule has 1 N–H and O–H groups in total. The van der Waals surface area contributed by atoms with Crippen molar-refractivity contribution in [1.82, 2.24) is 9.55 Å². The van der Waals surface area contributed by atoms with Gasteiger partial charge < -0.3 is 9.88 Å². The van der Waals surface area contributed by atoms with Crippen LogP contribution in [0.2, 0.25) is 0 Å². The second-order valence-corrected chi connectivity index (χ2v) is 6.25. The molecule has 2 heterocycles. The summed E-state index contributed by atoms with van der Waals surface area (Å²) in [5, 5.41) is 2.95. The summed E-state index contributed by atoms with van der Waals surface area (Å²) in [5.41, 5.74) is 5.78. The Labute approximate surface area is 146 Å². The molecule has 1 aliphatic heterocycles. The van der Waals surface area contributed by atoms with E-state index in [-0.39, 0.29) is 5.91 Å². The Morgan fingerprint density at radius 1 is 1.16 bits per heavy atom. The number of anilines is 1. The first kappa shape index (κ1) is 15.4. The molecule has 0 saturated heterocycles. The highest BCUT2D eigenvalue weighted by molar-refractivity contribution is 5.94. The van der Waals surface area contributed by atoms with Crippen molar-refractivity contribution >= 4 is 23.4 Å². The molecule has 3 aromatic rings. The lowest BCUT2D eigenvalue weighted by molar-refractivity contribution is -0.116. The zero-order valence-corrected chi connectivity index (χ0v) is 13.9. The largest absolute Gasteiger partial charge is 0.326 e. The van der Waals surface area contributed by atoms with Crippen LogP contribution in [0.25, 0.3) is 11.8 Å². The molecule has 4 heteroatoms. The van der Waals surface area contributed by atoms with E-state index >= 15 is 0 Å². The van der Waals surface area contributed by atoms with Gasteiger partial charge in [0, 0.05) is 30.7 Å². The lowest BCUT2D eigenvalue weighted by Gasteiger charge is -2.18. The number of hydrogen-bond acceptors (Lipinski definition) is 2. The van der Waals surface area contributed by atoms with E-state index in [0.29, 0.717) is 6.42 Å². The van der Waals surface area contributed by atoms with Crippen LogP contribution in [0.4, 0.5) is 5.69 Å². The number of amides is 1. The Morgan fingerprint density at radius 3 is 2.84 bits per heavy atom. The van der Waals surface area contributed by atoms with Gasteiger partial charge in [-0.3, -0.25) is 4.79 Å². The van der Waals surface area contributed by atoms with E-state index in [1.807, 2.05) is 22.9 Å². The van der Waals surface area contributed by atoms with Crippen molar-refractivity contribution in [2.75, 3.05) is 5.32 Å². The third kappa shape index (κ3) is 3.53. The first-order chi connectivity index (χ1) is 12.3. The van der Waals surface area contributed by atoms with Gasteiger partial charge in [-0.1, -0.05) is 36.4 Å². The van der Waals surface area contributed by atoms with Crippen molar-refractivity contribution in [3.8, 4) is 0 Å². The molecule has 25 heavy (non-hydrogen) atoms. The monoisotopic (exact) mass is 329 g/mol. The lowest BCUT2D eigenvalue weighted by atomic mass is 9.94. The highest BCUT2D eigenvalue weighted by Gasteiger charge is 2.16. The summed E-state index contributed by atoms with van der Waals surface area (Å²) in [7, 11) is 0. The van der Waals surface area contributed by atoms with Gasteiger partial charge in [0.1, 0.15) is 0 Å². The maximum atomic E-state index is 11.6. The van der Waals surface area contributed by atoms with Gasteiger partial charge in [-0.25, -0.2) is 4.98 Å². The summed E-state index contributed by atoms with van der Waals surface area (Å²) >= 11 is 0. The Bertz CT molecular complexity index is 912. The molecule has 0 saturated carbocycles. The van der Waals surface area contributed by atoms with Crippen LogP contribution in [-0.2, 0) is 17.6 Å². The fourth-order valence-electron chi connectivity index (χ4n) is 3.15. The van der Waals surface area contributed by atoms with Crippen LogP contribution >= 0.6 is 0 Å². The number of allylic oxidation sites excluding steroid dienone is 1. The summed E-state index contributed by atoms with van der Waals surface area (Å²) in [4.78, 5) is 15.7. The van der Waals surface area contributed by atoms with Gasteiger partial charge in [-0.05, 0) is 47.2 Å². The molecular weight excluding hydrogens is 310 g/mol. The zero-order valence-electron chi connectivity index (χ0n) is 13.9. The van der Waals surface area contributed by atoms with E-state index in [9.17, 15) is 4.79 Å². The number of nitrogens with zero attached hydrogens (tertiary/aromatic N) is 2. The maximum absolute atomic E-state index is 11.6. The molecule has 0 spiro atoms. The number of hydrogen-bond donors (Lipinski definition) is 1. The fourth-order valence-corrected chi connectivity index (χ4v) is 3.15. The van der Waals surface area contributed by atoms with Gasteiger partial charge in [-0.2, -0.15) is 0 Å². The number of imidazole rings is 1. The third-order valence-electron chi connectivity index (χ3n) is 4.44. The van der Waals surface area contributed by atoms with Crippen LogP contribution < -0.4 is 5.32 Å². The van der Waals surface area contributed by atoms with Crippen LogP contribution in [0.1, 0.15) is 23.1 Å². The smallest absolute Gasteiger partial charge is 0.224 e. The number of carbonyl (C=O) groups is 1. The summed E-state index contributed by atoms with van der Waals surface area (Å²) in [6, 6.07) is 16.7. The van der Waals surface area contributed by atoms with E-state index in [1.165, 1.54) is 22.3 Å². The van der Waals surface area contributed by atoms with Crippen molar-refractivity contribution in [3.63, 3.8) is 0 Å². The number of fused-ring (bicyclic) bond motifs is 1. The van der Waals surface area contributed by atoms with Crippen LogP contribution in [-0.4, -0.2) is 15.5 Å². The van der Waals surface area contributed by atoms with Crippen LogP contribution in [0, 0.1) is 0 Å². The summed E-state index contributed by atoms with van der Waals surface area (Å²) in [5.74, 6) is 0.0960. The minimum atomic E-state index is 0.0960. The van der Waals surface area contributed by atoms with Gasteiger partial charge in [0.15, 0.2) is 0 Å². The molecule has 2 aromatic carbocycles. The average Bonchev–Trinajstić information content (AvgIpc) is 3.15. The molecule has 1 aliphatic rings. The molecule has 124 valence electrons. The predicted octanol–water partition coefficient (Wildman–Crippen LogP) is 4.01. The topological polar surface area (TPSA) is 46.9 Å². The molecule has 0 unspecified atom stereocenters. The second-order valence-electron chi connectivity index (χ2n) is 6.25. The number of aryl methyl sites for hydroxylation is 1. The van der Waals surface area contributed by atoms with Crippen molar-refractivity contribution in [1.29, 1.82) is 0 Å². The van der Waals surface area contributed by atoms with Crippen molar-refractivity contribution < 1.29 is 4.79 Å². The minimum Gasteiger partial charge on any atom is -0.326 e. The molecule has 0 fully saturated rings. The third-order valence-corrected chi connectivity index (χ3v) is 4.44. The molecule has 0 radical (unpaired) electrons. The van der Waals surface area contributed by atoms with Gasteiger partial charge in [0.2, 0.25) is 5.91 Å². The molecule has 1 aromatic heterocycles. The number of carbonyl (C=O) groups excluding carboxylic acids is 1. The van der Waals surface area contributed by atoms with E-state index in [2.05, 4.69) is 52.9 Å². The Morgan fingerprint density at radius 2 is 2.04 bits per heavy atom. The molecule has 0 bridgehead atoms. The molecular formula is C21H19N3O. The normalized spacial score (nSPS) is 14.1. The van der Waals surface area contributed by atoms with Crippen LogP contribution in [0.5, 0.6) is 0 Å². The van der Waals surface area contributed by atoms with E-state index in [0.717, 1.165) is 18.5 Å². The Balaban J connectivity index is 1.72. The first-order valence-corrected chi connectivity index (χ1v) is 8.43. The summed E-state index contributed by atoms with van der Waals surface area (Å²) in [6.07, 6.45) is 9.80. The predicted molar refractivity (Wildman–Crippen MR) is 99.9 cm³/mol. The van der Waals surface area contributed by atoms with Crippen LogP contribution in [0.3, 0.4) is 0 Å². The van der Waals surface area contributed by atoms with E-state index in [1.54, 1.807) is 12.5 Å². The SMILES string of the molecule is O=C1CCc2cc(C(=Cn3ccnc3)Cc3ccccc3)ccc2N1. The fraction of sp³-hybridized carbons (Fsp3) is 0.143. The lowest BCUT2D eigenvalue weighted by Crippen LogP contribution is -2.18. The second kappa shape index (κ2) is 6.77. The molecule has 4 nitrogen and oxygen atoms in total. The molecule has 0 aliphatic carbocycles. The molecule has 0 atom stereocenters. The highest BCUT2D eigenvalue weighted by atomic mass is 16.1. The Hall–Kier alpha value is -3.14. The number of rotatable bonds is 4. The molecule has 4 rings (SSSR count). The highest BCUT2D eigenvalue weighted by Crippen LogP contribution is 2.28. The van der Waals surface area contributed by atoms with Gasteiger partial charge in [0.25, 0.3) is 0 Å². The van der Waals surface area contributed by atoms with Crippen molar-refractivity contribution in [3.05, 3.63) is 83.9 Å². The standard InChI is InChI=1S/C21H19N3O/c25-21-9-7-18-13-17(6-8-20(18)23-21)19(14-24-11-10-22-15-24)12-16-4-2-1-3-5-16/h1-6,8,10-11,13-15H,7,9,12H2,(H,23,25). The summed E-state index contributed by atoms with van der Waals surface area (Å²) < 4.78 is 1.97. The van der Waals surface area contributed by atoms with E-state index in [4.69, 9.17) is 0 Å². The minimum absolute atomic E-state index is 0.0960. The average molecular weight is 329 g/mol. The number of nitrogens with one attached hydrogen (secondary N) is 1. The number of benzene rings is 2. The van der Waals surface area contributed by atoms with Gasteiger partial charge in [0.05, 0.1) is 6.33 Å². The van der Waals surface area contributed by atoms with Gasteiger partial charge >= 0.3 is 0 Å². The maximum Gasteiger partial charge on any atom is 0.224 e. The number of aromatic nitrogens is 2. The van der Waals surface area contributed by atoms with Crippen molar-refractivity contribution in [2.24, 2.45) is 0 Å².